The number of benzene rings is 1. The molecule has 1 aromatic heterocycles. The fourth-order valence-corrected chi connectivity index (χ4v) is 3.56. The molecule has 2 heterocycles. The van der Waals surface area contributed by atoms with Gasteiger partial charge in [-0.2, -0.15) is 0 Å². The predicted molar refractivity (Wildman–Crippen MR) is 109 cm³/mol. The molecule has 3 rings (SSSR count). The van der Waals surface area contributed by atoms with Gasteiger partial charge in [0.2, 0.25) is 0 Å². The molecular formula is C22H29FN2O4. The minimum atomic E-state index is -0.520. The van der Waals surface area contributed by atoms with Crippen LogP contribution < -0.4 is 10.1 Å². The fourth-order valence-electron chi connectivity index (χ4n) is 3.56. The van der Waals surface area contributed by atoms with Crippen molar-refractivity contribution in [2.24, 2.45) is 0 Å². The molecule has 1 N–H and O–H groups in total. The van der Waals surface area contributed by atoms with Crippen molar-refractivity contribution in [3.63, 3.8) is 0 Å². The maximum absolute atomic E-state index is 13.8. The Morgan fingerprint density at radius 3 is 2.79 bits per heavy atom. The molecular weight excluding hydrogens is 375 g/mol. The Hall–Kier alpha value is -2.41. The largest absolute Gasteiger partial charge is 0.495 e. The maximum atomic E-state index is 13.8. The molecule has 2 atom stereocenters. The molecule has 1 amide bonds. The molecule has 0 unspecified atom stereocenters. The van der Waals surface area contributed by atoms with Gasteiger partial charge in [0.15, 0.2) is 0 Å². The molecule has 0 aliphatic carbocycles. The Morgan fingerprint density at radius 1 is 1.34 bits per heavy atom. The topological polar surface area (TPSA) is 69.7 Å². The van der Waals surface area contributed by atoms with Crippen molar-refractivity contribution < 1.29 is 23.4 Å². The number of pyridine rings is 1. The standard InChI is InChI=1S/C22H29FN2O4/c1-22(2,3)29-21(26)25-15-6-7-16(28-13-15)8-9-17-18-11-14(23)5-10-19(18)24-12-20(17)27-4/h5,10-12,15-16H,6-9,13H2,1-4H3,(H,25,26)/t15-,16+/m1/s1. The van der Waals surface area contributed by atoms with Crippen LogP contribution in [0.25, 0.3) is 10.9 Å². The number of halogens is 1. The first-order valence-corrected chi connectivity index (χ1v) is 9.97. The summed E-state index contributed by atoms with van der Waals surface area (Å²) in [5.74, 6) is 0.363. The van der Waals surface area contributed by atoms with E-state index in [1.807, 2.05) is 20.8 Å². The summed E-state index contributed by atoms with van der Waals surface area (Å²) < 4.78 is 30.5. The van der Waals surface area contributed by atoms with Crippen LogP contribution in [0.15, 0.2) is 24.4 Å². The zero-order chi connectivity index (χ0) is 21.0. The molecule has 1 fully saturated rings. The van der Waals surface area contributed by atoms with Gasteiger partial charge < -0.3 is 19.5 Å². The van der Waals surface area contributed by atoms with Gasteiger partial charge in [-0.25, -0.2) is 9.18 Å². The van der Waals surface area contributed by atoms with E-state index < -0.39 is 11.7 Å². The normalized spacial score (nSPS) is 19.8. The highest BCUT2D eigenvalue weighted by molar-refractivity contribution is 5.84. The number of aryl methyl sites for hydroxylation is 1. The van der Waals surface area contributed by atoms with E-state index in [9.17, 15) is 9.18 Å². The average molecular weight is 404 g/mol. The summed E-state index contributed by atoms with van der Waals surface area (Å²) in [6.07, 6.45) is 4.48. The van der Waals surface area contributed by atoms with Crippen LogP contribution in [0.3, 0.4) is 0 Å². The number of hydrogen-bond acceptors (Lipinski definition) is 5. The molecule has 0 bridgehead atoms. The van der Waals surface area contributed by atoms with Crippen LogP contribution in [0.5, 0.6) is 5.75 Å². The molecule has 6 nitrogen and oxygen atoms in total. The third-order valence-corrected chi connectivity index (χ3v) is 4.93. The zero-order valence-electron chi connectivity index (χ0n) is 17.5. The summed E-state index contributed by atoms with van der Waals surface area (Å²) in [5, 5.41) is 3.63. The van der Waals surface area contributed by atoms with Gasteiger partial charge in [0.25, 0.3) is 0 Å². The monoisotopic (exact) mass is 404 g/mol. The Balaban J connectivity index is 1.57. The quantitative estimate of drug-likeness (QED) is 0.801. The minimum Gasteiger partial charge on any atom is -0.495 e. The number of nitrogens with zero attached hydrogens (tertiary/aromatic N) is 1. The van der Waals surface area contributed by atoms with Gasteiger partial charge in [-0.1, -0.05) is 0 Å². The number of carbonyl (C=O) groups excluding carboxylic acids is 1. The molecule has 1 saturated heterocycles. The number of nitrogens with one attached hydrogen (secondary N) is 1. The van der Waals surface area contributed by atoms with E-state index in [4.69, 9.17) is 14.2 Å². The van der Waals surface area contributed by atoms with Crippen LogP contribution in [0.1, 0.15) is 45.6 Å². The number of hydrogen-bond donors (Lipinski definition) is 1. The van der Waals surface area contributed by atoms with E-state index in [0.29, 0.717) is 18.8 Å². The lowest BCUT2D eigenvalue weighted by Gasteiger charge is -2.30. The van der Waals surface area contributed by atoms with Gasteiger partial charge >= 0.3 is 6.09 Å². The number of methoxy groups -OCH3 is 1. The van der Waals surface area contributed by atoms with Crippen LogP contribution in [0.4, 0.5) is 9.18 Å². The highest BCUT2D eigenvalue weighted by atomic mass is 19.1. The second-order valence-electron chi connectivity index (χ2n) is 8.38. The first-order valence-electron chi connectivity index (χ1n) is 9.97. The fraction of sp³-hybridized carbons (Fsp3) is 0.545. The van der Waals surface area contributed by atoms with Crippen molar-refractivity contribution >= 4 is 17.0 Å². The van der Waals surface area contributed by atoms with E-state index >= 15 is 0 Å². The van der Waals surface area contributed by atoms with Crippen LogP contribution in [0, 0.1) is 5.82 Å². The smallest absolute Gasteiger partial charge is 0.407 e. The van der Waals surface area contributed by atoms with E-state index in [0.717, 1.165) is 35.7 Å². The summed E-state index contributed by atoms with van der Waals surface area (Å²) in [5.41, 5.74) is 1.16. The molecule has 1 aromatic carbocycles. The van der Waals surface area contributed by atoms with Gasteiger partial charge in [-0.3, -0.25) is 4.98 Å². The first kappa shape index (κ1) is 21.3. The lowest BCUT2D eigenvalue weighted by atomic mass is 9.97. The Morgan fingerprint density at radius 2 is 2.14 bits per heavy atom. The SMILES string of the molecule is COc1cnc2ccc(F)cc2c1CC[C@@H]1CC[C@@H](NC(=O)OC(C)(C)C)CO1. The van der Waals surface area contributed by atoms with Gasteiger partial charge in [0.1, 0.15) is 17.2 Å². The van der Waals surface area contributed by atoms with Gasteiger partial charge in [-0.15, -0.1) is 0 Å². The van der Waals surface area contributed by atoms with Crippen molar-refractivity contribution in [2.45, 2.75) is 64.2 Å². The van der Waals surface area contributed by atoms with Gasteiger partial charge in [0, 0.05) is 10.9 Å². The van der Waals surface area contributed by atoms with E-state index in [1.54, 1.807) is 19.4 Å². The van der Waals surface area contributed by atoms with Crippen LogP contribution in [0.2, 0.25) is 0 Å². The highest BCUT2D eigenvalue weighted by Crippen LogP contribution is 2.29. The van der Waals surface area contributed by atoms with Gasteiger partial charge in [0.05, 0.1) is 37.6 Å². The van der Waals surface area contributed by atoms with E-state index in [1.165, 1.54) is 12.1 Å². The Labute approximate surface area is 170 Å². The highest BCUT2D eigenvalue weighted by Gasteiger charge is 2.25. The molecule has 0 spiro atoms. The van der Waals surface area contributed by atoms with Crippen molar-refractivity contribution in [1.29, 1.82) is 0 Å². The van der Waals surface area contributed by atoms with Crippen molar-refractivity contribution in [1.82, 2.24) is 10.3 Å². The number of amides is 1. The number of fused-ring (bicyclic) bond motifs is 1. The predicted octanol–water partition coefficient (Wildman–Crippen LogP) is 4.39. The molecule has 1 aliphatic heterocycles. The Bertz CT molecular complexity index is 858. The number of aromatic nitrogens is 1. The van der Waals surface area contributed by atoms with Crippen molar-refractivity contribution in [3.8, 4) is 5.75 Å². The van der Waals surface area contributed by atoms with E-state index in [-0.39, 0.29) is 18.0 Å². The summed E-state index contributed by atoms with van der Waals surface area (Å²) in [7, 11) is 1.59. The lowest BCUT2D eigenvalue weighted by Crippen LogP contribution is -2.44. The second kappa shape index (κ2) is 8.95. The van der Waals surface area contributed by atoms with Crippen LogP contribution in [-0.2, 0) is 15.9 Å². The molecule has 1 aliphatic rings. The summed E-state index contributed by atoms with van der Waals surface area (Å²) in [6, 6.07) is 4.54. The zero-order valence-corrected chi connectivity index (χ0v) is 17.5. The van der Waals surface area contributed by atoms with Crippen LogP contribution in [-0.4, -0.2) is 42.5 Å². The summed E-state index contributed by atoms with van der Waals surface area (Å²) in [6.45, 7) is 5.96. The molecule has 7 heteroatoms. The van der Waals surface area contributed by atoms with E-state index in [2.05, 4.69) is 10.3 Å². The minimum absolute atomic E-state index is 0.0495. The van der Waals surface area contributed by atoms with Gasteiger partial charge in [-0.05, 0) is 64.7 Å². The third kappa shape index (κ3) is 5.79. The molecule has 29 heavy (non-hydrogen) atoms. The van der Waals surface area contributed by atoms with Crippen LogP contribution >= 0.6 is 0 Å². The number of carbonyl (C=O) groups is 1. The number of alkyl carbamates (subject to hydrolysis) is 1. The number of ether oxygens (including phenoxy) is 3. The average Bonchev–Trinajstić information content (AvgIpc) is 2.65. The summed E-state index contributed by atoms with van der Waals surface area (Å²) in [4.78, 5) is 16.2. The van der Waals surface area contributed by atoms with Crippen molar-refractivity contribution in [2.75, 3.05) is 13.7 Å². The molecule has 0 radical (unpaired) electrons. The molecule has 158 valence electrons. The number of rotatable bonds is 5. The third-order valence-electron chi connectivity index (χ3n) is 4.93. The second-order valence-corrected chi connectivity index (χ2v) is 8.38. The maximum Gasteiger partial charge on any atom is 0.407 e. The molecule has 0 saturated carbocycles. The lowest BCUT2D eigenvalue weighted by molar-refractivity contribution is -0.0114. The van der Waals surface area contributed by atoms with Crippen molar-refractivity contribution in [3.05, 3.63) is 35.8 Å². The summed E-state index contributed by atoms with van der Waals surface area (Å²) >= 11 is 0. The molecule has 2 aromatic rings. The first-order chi connectivity index (χ1) is 13.7. The Kier molecular flexibility index (Phi) is 6.57.